The third kappa shape index (κ3) is 2.04. The van der Waals surface area contributed by atoms with E-state index in [1.807, 2.05) is 13.8 Å². The van der Waals surface area contributed by atoms with Crippen LogP contribution in [-0.2, 0) is 9.59 Å². The average Bonchev–Trinajstić information content (AvgIpc) is 2.82. The highest BCUT2D eigenvalue weighted by atomic mass is 16.4. The van der Waals surface area contributed by atoms with E-state index in [1.54, 1.807) is 4.90 Å². The standard InChI is InChI=1S/C12H19NO4/c1-12(2)8(9(12)11(16)17)10(15)13-5-3-7(14)4-6-13/h7-9,14H,3-6H2,1-2H3,(H,16,17). The second kappa shape index (κ2) is 3.98. The van der Waals surface area contributed by atoms with E-state index in [1.165, 1.54) is 0 Å². The zero-order valence-corrected chi connectivity index (χ0v) is 10.2. The predicted octanol–water partition coefficient (Wildman–Crippen LogP) is 0.326. The molecule has 1 aliphatic carbocycles. The van der Waals surface area contributed by atoms with Crippen LogP contribution in [0.15, 0.2) is 0 Å². The van der Waals surface area contributed by atoms with Crippen LogP contribution in [0.1, 0.15) is 26.7 Å². The summed E-state index contributed by atoms with van der Waals surface area (Å²) in [6, 6.07) is 0. The van der Waals surface area contributed by atoms with Crippen molar-refractivity contribution >= 4 is 11.9 Å². The average molecular weight is 241 g/mol. The number of aliphatic hydroxyl groups is 1. The first-order chi connectivity index (χ1) is 7.85. The monoisotopic (exact) mass is 241 g/mol. The Morgan fingerprint density at radius 2 is 1.71 bits per heavy atom. The number of carbonyl (C=O) groups excluding carboxylic acids is 1. The minimum Gasteiger partial charge on any atom is -0.481 e. The van der Waals surface area contributed by atoms with Gasteiger partial charge in [-0.2, -0.15) is 0 Å². The minimum absolute atomic E-state index is 0.0608. The number of aliphatic hydroxyl groups excluding tert-OH is 1. The van der Waals surface area contributed by atoms with Crippen molar-refractivity contribution in [3.05, 3.63) is 0 Å². The molecule has 2 fully saturated rings. The number of likely N-dealkylation sites (tertiary alicyclic amines) is 1. The molecule has 5 nitrogen and oxygen atoms in total. The molecule has 1 saturated heterocycles. The number of nitrogens with zero attached hydrogens (tertiary/aromatic N) is 1. The molecule has 2 unspecified atom stereocenters. The summed E-state index contributed by atoms with van der Waals surface area (Å²) in [5.41, 5.74) is -0.432. The van der Waals surface area contributed by atoms with Crippen LogP contribution in [0.5, 0.6) is 0 Å². The molecule has 0 aromatic carbocycles. The first kappa shape index (κ1) is 12.4. The number of carboxylic acids is 1. The summed E-state index contributed by atoms with van der Waals surface area (Å²) in [5, 5.41) is 18.4. The highest BCUT2D eigenvalue weighted by Crippen LogP contribution is 2.59. The van der Waals surface area contributed by atoms with Crippen molar-refractivity contribution < 1.29 is 19.8 Å². The van der Waals surface area contributed by atoms with Crippen LogP contribution in [0.2, 0.25) is 0 Å². The zero-order valence-electron chi connectivity index (χ0n) is 10.2. The Kier molecular flexibility index (Phi) is 2.89. The molecule has 1 amide bonds. The molecule has 0 radical (unpaired) electrons. The molecule has 0 spiro atoms. The van der Waals surface area contributed by atoms with Crippen LogP contribution in [0.25, 0.3) is 0 Å². The van der Waals surface area contributed by atoms with Gasteiger partial charge in [-0.05, 0) is 18.3 Å². The van der Waals surface area contributed by atoms with Crippen LogP contribution >= 0.6 is 0 Å². The lowest BCUT2D eigenvalue weighted by molar-refractivity contribution is -0.142. The Morgan fingerprint density at radius 1 is 1.18 bits per heavy atom. The molecule has 0 bridgehead atoms. The predicted molar refractivity (Wildman–Crippen MR) is 60.2 cm³/mol. The molecular weight excluding hydrogens is 222 g/mol. The lowest BCUT2D eigenvalue weighted by Gasteiger charge is -2.30. The van der Waals surface area contributed by atoms with E-state index in [0.29, 0.717) is 25.9 Å². The largest absolute Gasteiger partial charge is 0.481 e. The molecule has 2 aliphatic rings. The SMILES string of the molecule is CC1(C)C(C(=O)O)C1C(=O)N1CCC(O)CC1. The van der Waals surface area contributed by atoms with Crippen LogP contribution < -0.4 is 0 Å². The molecule has 5 heteroatoms. The zero-order chi connectivity index (χ0) is 12.8. The maximum absolute atomic E-state index is 12.2. The Balaban J connectivity index is 2.00. The van der Waals surface area contributed by atoms with E-state index < -0.39 is 23.2 Å². The summed E-state index contributed by atoms with van der Waals surface area (Å²) < 4.78 is 0. The van der Waals surface area contributed by atoms with Crippen molar-refractivity contribution in [3.8, 4) is 0 Å². The minimum atomic E-state index is -0.884. The van der Waals surface area contributed by atoms with Gasteiger partial charge in [0.05, 0.1) is 17.9 Å². The first-order valence-corrected chi connectivity index (χ1v) is 6.05. The quantitative estimate of drug-likeness (QED) is 0.730. The van der Waals surface area contributed by atoms with E-state index in [4.69, 9.17) is 5.11 Å². The number of hydrogen-bond donors (Lipinski definition) is 2. The molecule has 1 saturated carbocycles. The Labute approximate surface area is 100 Å². The second-order valence-electron chi connectivity index (χ2n) is 5.67. The number of amides is 1. The summed E-state index contributed by atoms with van der Waals surface area (Å²) in [6.45, 7) is 4.73. The molecule has 1 heterocycles. The van der Waals surface area contributed by atoms with Gasteiger partial charge in [-0.15, -0.1) is 0 Å². The van der Waals surface area contributed by atoms with Crippen molar-refractivity contribution in [3.63, 3.8) is 0 Å². The smallest absolute Gasteiger partial charge is 0.307 e. The summed E-state index contributed by atoms with van der Waals surface area (Å²) in [4.78, 5) is 24.9. The normalized spacial score (nSPS) is 32.3. The summed E-state index contributed by atoms with van der Waals surface area (Å²) in [7, 11) is 0. The summed E-state index contributed by atoms with van der Waals surface area (Å²) in [6.07, 6.45) is 0.870. The van der Waals surface area contributed by atoms with Gasteiger partial charge in [0.1, 0.15) is 0 Å². The van der Waals surface area contributed by atoms with Crippen molar-refractivity contribution in [1.29, 1.82) is 0 Å². The van der Waals surface area contributed by atoms with Gasteiger partial charge in [-0.1, -0.05) is 13.8 Å². The lowest BCUT2D eigenvalue weighted by Crippen LogP contribution is -2.41. The van der Waals surface area contributed by atoms with Crippen LogP contribution in [0.4, 0.5) is 0 Å². The molecule has 2 N–H and O–H groups in total. The fourth-order valence-corrected chi connectivity index (χ4v) is 2.84. The Bertz CT molecular complexity index is 344. The number of aliphatic carboxylic acids is 1. The lowest BCUT2D eigenvalue weighted by atomic mass is 10.1. The molecule has 17 heavy (non-hydrogen) atoms. The highest BCUT2D eigenvalue weighted by Gasteiger charge is 2.66. The van der Waals surface area contributed by atoms with E-state index >= 15 is 0 Å². The van der Waals surface area contributed by atoms with Crippen LogP contribution in [-0.4, -0.2) is 46.2 Å². The highest BCUT2D eigenvalue weighted by molar-refractivity contribution is 5.91. The topological polar surface area (TPSA) is 77.8 Å². The van der Waals surface area contributed by atoms with Gasteiger partial charge >= 0.3 is 5.97 Å². The maximum atomic E-state index is 12.2. The first-order valence-electron chi connectivity index (χ1n) is 6.05. The number of piperidine rings is 1. The van der Waals surface area contributed by atoms with Gasteiger partial charge < -0.3 is 15.1 Å². The number of hydrogen-bond acceptors (Lipinski definition) is 3. The van der Waals surface area contributed by atoms with E-state index in [-0.39, 0.29) is 12.0 Å². The summed E-state index contributed by atoms with van der Waals surface area (Å²) in [5.74, 6) is -1.89. The molecule has 0 aromatic rings. The third-order valence-corrected chi connectivity index (χ3v) is 4.14. The van der Waals surface area contributed by atoms with Gasteiger partial charge in [0.15, 0.2) is 0 Å². The molecule has 2 atom stereocenters. The van der Waals surface area contributed by atoms with Gasteiger partial charge in [0, 0.05) is 13.1 Å². The Hall–Kier alpha value is -1.10. The van der Waals surface area contributed by atoms with E-state index in [9.17, 15) is 14.7 Å². The third-order valence-electron chi connectivity index (χ3n) is 4.14. The number of rotatable bonds is 2. The maximum Gasteiger partial charge on any atom is 0.307 e. The van der Waals surface area contributed by atoms with Crippen molar-refractivity contribution in [2.24, 2.45) is 17.3 Å². The van der Waals surface area contributed by atoms with Gasteiger partial charge in [-0.3, -0.25) is 9.59 Å². The molecule has 0 aromatic heterocycles. The molecule has 1 aliphatic heterocycles. The number of carboxylic acid groups (broad SMARTS) is 1. The van der Waals surface area contributed by atoms with Crippen LogP contribution in [0.3, 0.4) is 0 Å². The van der Waals surface area contributed by atoms with E-state index in [2.05, 4.69) is 0 Å². The van der Waals surface area contributed by atoms with Gasteiger partial charge in [0.25, 0.3) is 0 Å². The second-order valence-corrected chi connectivity index (χ2v) is 5.67. The van der Waals surface area contributed by atoms with Crippen molar-refractivity contribution in [2.45, 2.75) is 32.8 Å². The van der Waals surface area contributed by atoms with Gasteiger partial charge in [0.2, 0.25) is 5.91 Å². The van der Waals surface area contributed by atoms with Crippen LogP contribution in [0, 0.1) is 17.3 Å². The molecular formula is C12H19NO4. The van der Waals surface area contributed by atoms with Crippen molar-refractivity contribution in [2.75, 3.05) is 13.1 Å². The fraction of sp³-hybridized carbons (Fsp3) is 0.833. The molecule has 96 valence electrons. The fourth-order valence-electron chi connectivity index (χ4n) is 2.84. The van der Waals surface area contributed by atoms with Crippen molar-refractivity contribution in [1.82, 2.24) is 4.90 Å². The van der Waals surface area contributed by atoms with E-state index in [0.717, 1.165) is 0 Å². The molecule has 2 rings (SSSR count). The van der Waals surface area contributed by atoms with Gasteiger partial charge in [-0.25, -0.2) is 0 Å². The summed E-state index contributed by atoms with van der Waals surface area (Å²) >= 11 is 0. The number of carbonyl (C=O) groups is 2. The Morgan fingerprint density at radius 3 is 2.12 bits per heavy atom.